The van der Waals surface area contributed by atoms with Crippen molar-refractivity contribution in [2.75, 3.05) is 14.1 Å². The molecule has 0 spiro atoms. The van der Waals surface area contributed by atoms with Crippen molar-refractivity contribution in [3.63, 3.8) is 0 Å². The molecule has 2 aromatic rings. The highest BCUT2D eigenvalue weighted by Gasteiger charge is 2.67. The molecule has 11 heteroatoms. The molecule has 0 heterocycles. The number of likely N-dealkylation sites (N-methyl/N-ethyl adjacent to an activating group) is 1. The van der Waals surface area contributed by atoms with E-state index in [4.69, 9.17) is 5.73 Å². The molecule has 2 aromatic carbocycles. The zero-order chi connectivity index (χ0) is 28.5. The van der Waals surface area contributed by atoms with Crippen LogP contribution in [0.5, 0.6) is 5.75 Å². The Labute approximate surface area is 231 Å². The van der Waals surface area contributed by atoms with E-state index < -0.39 is 75.5 Å². The monoisotopic (exact) mass is 596 g/mol. The van der Waals surface area contributed by atoms with E-state index >= 15 is 0 Å². The number of amides is 1. The number of Topliss-reactive ketones (excluding diaryl/α,β-unsaturated/α-hetero) is 2. The van der Waals surface area contributed by atoms with Crippen molar-refractivity contribution in [1.82, 2.24) is 4.90 Å². The number of carbonyl (C=O) groups is 3. The lowest BCUT2D eigenvalue weighted by Crippen LogP contribution is -2.68. The molecule has 0 aliphatic heterocycles. The summed E-state index contributed by atoms with van der Waals surface area (Å²) in [7, 11) is 2.97. The van der Waals surface area contributed by atoms with Gasteiger partial charge in [0.15, 0.2) is 11.4 Å². The Kier molecular flexibility index (Phi) is 6.30. The van der Waals surface area contributed by atoms with E-state index in [9.17, 15) is 39.9 Å². The van der Waals surface area contributed by atoms with E-state index in [1.807, 2.05) is 0 Å². The number of ketones is 2. The standard InChI is InChI=1S/C28H25BrN2O8/c1-31(2)21-20-23(34)17-14(10-11-6-8-12(29)9-7-11)13-4-3-5-15(32)16(13)22(33)18(17)25(36)28(20,39)26(37)19(24(21)35)27(30)38/h3-10,17,20-21,23,32,34-36,39H,1-2H3,(H2,30,38)/b14-10+/t17-,20-,21-,23+,28+/m1/s1. The Morgan fingerprint density at radius 1 is 1.08 bits per heavy atom. The molecule has 10 nitrogen and oxygen atoms in total. The van der Waals surface area contributed by atoms with Gasteiger partial charge in [-0.25, -0.2) is 0 Å². The molecule has 0 unspecified atom stereocenters. The lowest BCUT2D eigenvalue weighted by Gasteiger charge is -2.52. The predicted octanol–water partition coefficient (Wildman–Crippen LogP) is 1.85. The van der Waals surface area contributed by atoms with Crippen LogP contribution in [0.2, 0.25) is 0 Å². The number of aliphatic hydroxyl groups is 4. The fraction of sp³-hybridized carbons (Fsp3) is 0.250. The van der Waals surface area contributed by atoms with Gasteiger partial charge >= 0.3 is 0 Å². The maximum absolute atomic E-state index is 13.8. The Morgan fingerprint density at radius 3 is 2.31 bits per heavy atom. The molecule has 0 bridgehead atoms. The normalized spacial score (nSPS) is 29.4. The fourth-order valence-corrected chi connectivity index (χ4v) is 6.32. The van der Waals surface area contributed by atoms with Crippen molar-refractivity contribution in [3.8, 4) is 5.75 Å². The second-order valence-corrected chi connectivity index (χ2v) is 11.0. The van der Waals surface area contributed by atoms with Crippen LogP contribution in [0.25, 0.3) is 11.6 Å². The highest BCUT2D eigenvalue weighted by molar-refractivity contribution is 9.10. The van der Waals surface area contributed by atoms with Gasteiger partial charge in [-0.1, -0.05) is 46.3 Å². The average molecular weight is 597 g/mol. The Morgan fingerprint density at radius 2 is 1.72 bits per heavy atom. The summed E-state index contributed by atoms with van der Waals surface area (Å²) in [5.41, 5.74) is 2.02. The molecule has 1 amide bonds. The first-order chi connectivity index (χ1) is 18.3. The van der Waals surface area contributed by atoms with Crippen LogP contribution in [0, 0.1) is 11.8 Å². The summed E-state index contributed by atoms with van der Waals surface area (Å²) in [5.74, 6) is -8.83. The van der Waals surface area contributed by atoms with Crippen LogP contribution in [0.1, 0.15) is 21.5 Å². The minimum absolute atomic E-state index is 0.186. The predicted molar refractivity (Wildman–Crippen MR) is 143 cm³/mol. The van der Waals surface area contributed by atoms with Gasteiger partial charge in [-0.2, -0.15) is 0 Å². The third-order valence-electron chi connectivity index (χ3n) is 7.72. The van der Waals surface area contributed by atoms with E-state index in [0.29, 0.717) is 11.1 Å². The molecule has 202 valence electrons. The number of nitrogens with two attached hydrogens (primary N) is 1. The smallest absolute Gasteiger partial charge is 0.255 e. The number of aliphatic hydroxyl groups excluding tert-OH is 3. The molecule has 5 atom stereocenters. The van der Waals surface area contributed by atoms with Crippen molar-refractivity contribution >= 4 is 45.1 Å². The first-order valence-corrected chi connectivity index (χ1v) is 12.7. The van der Waals surface area contributed by atoms with Gasteiger partial charge < -0.3 is 31.3 Å². The number of rotatable bonds is 3. The van der Waals surface area contributed by atoms with Crippen LogP contribution < -0.4 is 5.73 Å². The van der Waals surface area contributed by atoms with E-state index in [0.717, 1.165) is 4.47 Å². The minimum atomic E-state index is -2.98. The number of aromatic hydroxyl groups is 1. The molecule has 3 aliphatic carbocycles. The molecule has 7 N–H and O–H groups in total. The summed E-state index contributed by atoms with van der Waals surface area (Å²) < 4.78 is 0.810. The minimum Gasteiger partial charge on any atom is -0.510 e. The van der Waals surface area contributed by atoms with Gasteiger partial charge in [-0.05, 0) is 49.0 Å². The van der Waals surface area contributed by atoms with E-state index in [1.54, 1.807) is 36.4 Å². The van der Waals surface area contributed by atoms with Crippen LogP contribution in [0.3, 0.4) is 0 Å². The summed E-state index contributed by atoms with van der Waals surface area (Å²) in [6.45, 7) is 0. The number of phenols is 1. The fourth-order valence-electron chi connectivity index (χ4n) is 6.05. The molecule has 0 saturated carbocycles. The van der Waals surface area contributed by atoms with Crippen molar-refractivity contribution in [2.24, 2.45) is 17.6 Å². The molecule has 0 aromatic heterocycles. The topological polar surface area (TPSA) is 182 Å². The summed E-state index contributed by atoms with van der Waals surface area (Å²) >= 11 is 3.37. The molecular weight excluding hydrogens is 572 g/mol. The molecule has 5 rings (SSSR count). The number of nitrogens with zero attached hydrogens (tertiary/aromatic N) is 1. The third-order valence-corrected chi connectivity index (χ3v) is 8.25. The number of hydrogen-bond acceptors (Lipinski definition) is 9. The second-order valence-electron chi connectivity index (χ2n) is 10.1. The van der Waals surface area contributed by atoms with Crippen LogP contribution in [0.4, 0.5) is 0 Å². The maximum atomic E-state index is 13.8. The van der Waals surface area contributed by atoms with Crippen molar-refractivity contribution in [2.45, 2.75) is 17.7 Å². The molecular formula is C28H25BrN2O8. The summed E-state index contributed by atoms with van der Waals surface area (Å²) in [6, 6.07) is 10.1. The van der Waals surface area contributed by atoms with Crippen LogP contribution in [0.15, 0.2) is 69.6 Å². The molecule has 3 aliphatic rings. The summed E-state index contributed by atoms with van der Waals surface area (Å²) in [4.78, 5) is 40.8. The van der Waals surface area contributed by atoms with E-state index in [2.05, 4.69) is 15.9 Å². The van der Waals surface area contributed by atoms with Gasteiger partial charge in [-0.15, -0.1) is 0 Å². The molecule has 0 fully saturated rings. The third kappa shape index (κ3) is 3.69. The van der Waals surface area contributed by atoms with Gasteiger partial charge in [0.2, 0.25) is 5.78 Å². The SMILES string of the molecule is CN(C)[C@H]1C(O)=C(C(N)=O)C(=O)[C@@]2(O)C(O)=C3C(=O)c4c(O)cccc4/C(=C\c4ccc(Br)cc4)[C@H]3[C@H](O)[C@@H]12. The first kappa shape index (κ1) is 26.8. The number of hydrogen-bond donors (Lipinski definition) is 6. The van der Waals surface area contributed by atoms with Gasteiger partial charge in [0.05, 0.1) is 29.2 Å². The van der Waals surface area contributed by atoms with Gasteiger partial charge in [-0.3, -0.25) is 19.3 Å². The Bertz CT molecular complexity index is 1540. The Hall–Kier alpha value is -3.77. The second kappa shape index (κ2) is 9.16. The van der Waals surface area contributed by atoms with E-state index in [1.165, 1.54) is 31.1 Å². The van der Waals surface area contributed by atoms with Gasteiger partial charge in [0, 0.05) is 10.4 Å². The van der Waals surface area contributed by atoms with Gasteiger partial charge in [0.1, 0.15) is 22.8 Å². The molecule has 0 radical (unpaired) electrons. The Balaban J connectivity index is 1.86. The van der Waals surface area contributed by atoms with E-state index in [-0.39, 0.29) is 11.1 Å². The summed E-state index contributed by atoms with van der Waals surface area (Å²) in [5, 5.41) is 56.8. The number of phenolic OH excluding ortho intramolecular Hbond substituents is 1. The highest BCUT2D eigenvalue weighted by atomic mass is 79.9. The lowest BCUT2D eigenvalue weighted by atomic mass is 9.56. The van der Waals surface area contributed by atoms with Crippen LogP contribution >= 0.6 is 15.9 Å². The number of benzene rings is 2. The zero-order valence-corrected chi connectivity index (χ0v) is 22.4. The zero-order valence-electron chi connectivity index (χ0n) is 20.8. The number of carbonyl (C=O) groups excluding carboxylic acids is 3. The van der Waals surface area contributed by atoms with Crippen LogP contribution in [-0.2, 0) is 9.59 Å². The van der Waals surface area contributed by atoms with Crippen molar-refractivity contribution < 1.29 is 39.9 Å². The molecule has 0 saturated heterocycles. The number of fused-ring (bicyclic) bond motifs is 3. The summed E-state index contributed by atoms with van der Waals surface area (Å²) in [6.07, 6.45) is -0.0577. The number of primary amides is 1. The van der Waals surface area contributed by atoms with Crippen molar-refractivity contribution in [3.05, 3.63) is 86.3 Å². The largest absolute Gasteiger partial charge is 0.510 e. The number of halogens is 1. The maximum Gasteiger partial charge on any atom is 0.255 e. The molecule has 39 heavy (non-hydrogen) atoms. The van der Waals surface area contributed by atoms with Crippen LogP contribution in [-0.4, -0.2) is 79.7 Å². The average Bonchev–Trinajstić information content (AvgIpc) is 2.86. The lowest BCUT2D eigenvalue weighted by molar-refractivity contribution is -0.159. The highest BCUT2D eigenvalue weighted by Crippen LogP contribution is 2.55. The quantitative estimate of drug-likeness (QED) is 0.288. The van der Waals surface area contributed by atoms with Gasteiger partial charge in [0.25, 0.3) is 5.91 Å². The van der Waals surface area contributed by atoms with Crippen molar-refractivity contribution in [1.29, 1.82) is 0 Å². The first-order valence-electron chi connectivity index (χ1n) is 11.9.